The number of likely N-dealkylation sites (N-methyl/N-ethyl adjacent to an activating group) is 1. The van der Waals surface area contributed by atoms with Gasteiger partial charge in [-0.25, -0.2) is 12.8 Å². The Kier molecular flexibility index (Phi) is 5.56. The van der Waals surface area contributed by atoms with Gasteiger partial charge in [-0.1, -0.05) is 12.1 Å². The lowest BCUT2D eigenvalue weighted by molar-refractivity contribution is 0.0770. The normalized spacial score (nSPS) is 11.1. The second-order valence-electron chi connectivity index (χ2n) is 5.30. The fourth-order valence-corrected chi connectivity index (χ4v) is 2.99. The lowest BCUT2D eigenvalue weighted by atomic mass is 10.2. The summed E-state index contributed by atoms with van der Waals surface area (Å²) in [5, 5.41) is 0. The predicted octanol–water partition coefficient (Wildman–Crippen LogP) is 2.38. The molecule has 0 heterocycles. The number of amides is 1. The number of rotatable bonds is 6. The molecule has 2 aromatic carbocycles. The van der Waals surface area contributed by atoms with Gasteiger partial charge in [-0.15, -0.1) is 0 Å². The number of carbonyl (C=O) groups is 1. The zero-order chi connectivity index (χ0) is 17.7. The summed E-state index contributed by atoms with van der Waals surface area (Å²) in [6.07, 6.45) is 1.07. The molecule has 24 heavy (non-hydrogen) atoms. The Bertz CT molecular complexity index is 819. The van der Waals surface area contributed by atoms with Crippen molar-refractivity contribution in [2.45, 2.75) is 4.90 Å². The fraction of sp³-hybridized carbons (Fsp3) is 0.235. The van der Waals surface area contributed by atoms with Gasteiger partial charge in [0.25, 0.3) is 5.91 Å². The summed E-state index contributed by atoms with van der Waals surface area (Å²) in [5.74, 6) is -0.264. The van der Waals surface area contributed by atoms with Crippen LogP contribution in [-0.2, 0) is 9.84 Å². The van der Waals surface area contributed by atoms with E-state index >= 15 is 0 Å². The molecular formula is C17H18FNO4S. The van der Waals surface area contributed by atoms with Gasteiger partial charge in [0.15, 0.2) is 9.84 Å². The molecule has 7 heteroatoms. The van der Waals surface area contributed by atoms with Crippen molar-refractivity contribution < 1.29 is 22.3 Å². The third-order valence-electron chi connectivity index (χ3n) is 3.37. The second-order valence-corrected chi connectivity index (χ2v) is 7.28. The molecule has 0 spiro atoms. The molecule has 2 rings (SSSR count). The lowest BCUT2D eigenvalue weighted by Gasteiger charge is -2.19. The molecule has 128 valence electrons. The molecule has 0 saturated carbocycles. The van der Waals surface area contributed by atoms with E-state index in [9.17, 15) is 17.6 Å². The Morgan fingerprint density at radius 3 is 2.38 bits per heavy atom. The van der Waals surface area contributed by atoms with Crippen molar-refractivity contribution in [3.8, 4) is 5.75 Å². The highest BCUT2D eigenvalue weighted by Crippen LogP contribution is 2.17. The van der Waals surface area contributed by atoms with Crippen LogP contribution in [0.5, 0.6) is 5.75 Å². The molecule has 0 atom stereocenters. The van der Waals surface area contributed by atoms with Gasteiger partial charge in [-0.05, 0) is 36.4 Å². The van der Waals surface area contributed by atoms with Crippen LogP contribution >= 0.6 is 0 Å². The van der Waals surface area contributed by atoms with Crippen molar-refractivity contribution in [1.82, 2.24) is 4.90 Å². The molecule has 0 aromatic heterocycles. The summed E-state index contributed by atoms with van der Waals surface area (Å²) in [7, 11) is -1.93. The number of carbonyl (C=O) groups excluding carboxylic acids is 1. The maximum absolute atomic E-state index is 12.8. The monoisotopic (exact) mass is 351 g/mol. The van der Waals surface area contributed by atoms with Gasteiger partial charge < -0.3 is 9.64 Å². The van der Waals surface area contributed by atoms with E-state index in [-0.39, 0.29) is 29.4 Å². The topological polar surface area (TPSA) is 63.7 Å². The molecule has 0 aliphatic heterocycles. The summed E-state index contributed by atoms with van der Waals surface area (Å²) in [4.78, 5) is 13.8. The van der Waals surface area contributed by atoms with Crippen LogP contribution in [0.1, 0.15) is 10.4 Å². The molecule has 1 amide bonds. The molecule has 0 saturated heterocycles. The summed E-state index contributed by atoms with van der Waals surface area (Å²) >= 11 is 0. The molecule has 0 unspecified atom stereocenters. The van der Waals surface area contributed by atoms with Crippen LogP contribution in [0.2, 0.25) is 0 Å². The lowest BCUT2D eigenvalue weighted by Crippen LogP contribution is -2.31. The SMILES string of the molecule is CN(CCOc1ccc(F)cc1)C(=O)c1ccccc1S(C)(=O)=O. The smallest absolute Gasteiger partial charge is 0.255 e. The van der Waals surface area contributed by atoms with Gasteiger partial charge in [0.05, 0.1) is 17.0 Å². The van der Waals surface area contributed by atoms with Crippen LogP contribution in [-0.4, -0.2) is 45.7 Å². The third-order valence-corrected chi connectivity index (χ3v) is 4.53. The minimum atomic E-state index is -3.49. The first-order valence-corrected chi connectivity index (χ1v) is 9.11. The first-order chi connectivity index (χ1) is 11.3. The summed E-state index contributed by atoms with van der Waals surface area (Å²) in [5.41, 5.74) is 0.129. The van der Waals surface area contributed by atoms with Gasteiger partial charge in [-0.2, -0.15) is 0 Å². The Labute approximate surface area is 140 Å². The summed E-state index contributed by atoms with van der Waals surface area (Å²) < 4.78 is 41.8. The fourth-order valence-electron chi connectivity index (χ4n) is 2.11. The van der Waals surface area contributed by atoms with E-state index in [2.05, 4.69) is 0 Å². The van der Waals surface area contributed by atoms with Crippen molar-refractivity contribution in [1.29, 1.82) is 0 Å². The number of hydrogen-bond acceptors (Lipinski definition) is 4. The largest absolute Gasteiger partial charge is 0.492 e. The van der Waals surface area contributed by atoms with Crippen LogP contribution in [0.15, 0.2) is 53.4 Å². The molecule has 2 aromatic rings. The van der Waals surface area contributed by atoms with Crippen molar-refractivity contribution in [2.75, 3.05) is 26.5 Å². The van der Waals surface area contributed by atoms with Crippen molar-refractivity contribution in [3.05, 3.63) is 59.9 Å². The first kappa shape index (κ1) is 17.9. The van der Waals surface area contributed by atoms with Crippen molar-refractivity contribution in [2.24, 2.45) is 0 Å². The standard InChI is InChI=1S/C17H18FNO4S/c1-19(11-12-23-14-9-7-13(18)8-10-14)17(20)15-5-3-4-6-16(15)24(2,21)22/h3-10H,11-12H2,1-2H3. The van der Waals surface area contributed by atoms with Gasteiger partial charge >= 0.3 is 0 Å². The van der Waals surface area contributed by atoms with E-state index in [1.54, 1.807) is 19.2 Å². The highest BCUT2D eigenvalue weighted by atomic mass is 32.2. The number of hydrogen-bond donors (Lipinski definition) is 0. The van der Waals surface area contributed by atoms with Crippen LogP contribution < -0.4 is 4.74 Å². The number of nitrogens with zero attached hydrogens (tertiary/aromatic N) is 1. The average molecular weight is 351 g/mol. The Morgan fingerprint density at radius 1 is 1.12 bits per heavy atom. The molecule has 0 N–H and O–H groups in total. The Hall–Kier alpha value is -2.41. The molecule has 0 bridgehead atoms. The van der Waals surface area contributed by atoms with Crippen LogP contribution in [0.25, 0.3) is 0 Å². The molecule has 0 aliphatic carbocycles. The third kappa shape index (κ3) is 4.55. The minimum Gasteiger partial charge on any atom is -0.492 e. The van der Waals surface area contributed by atoms with Crippen LogP contribution in [0, 0.1) is 5.82 Å². The molecule has 0 radical (unpaired) electrons. The summed E-state index contributed by atoms with van der Waals surface area (Å²) in [6.45, 7) is 0.462. The minimum absolute atomic E-state index is 0.00121. The van der Waals surface area contributed by atoms with Crippen LogP contribution in [0.3, 0.4) is 0 Å². The van der Waals surface area contributed by atoms with Crippen molar-refractivity contribution in [3.63, 3.8) is 0 Å². The highest BCUT2D eigenvalue weighted by Gasteiger charge is 2.20. The highest BCUT2D eigenvalue weighted by molar-refractivity contribution is 7.90. The predicted molar refractivity (Wildman–Crippen MR) is 88.4 cm³/mol. The van der Waals surface area contributed by atoms with E-state index in [0.717, 1.165) is 6.26 Å². The second kappa shape index (κ2) is 7.44. The van der Waals surface area contributed by atoms with E-state index in [4.69, 9.17) is 4.74 Å². The van der Waals surface area contributed by atoms with Crippen LogP contribution in [0.4, 0.5) is 4.39 Å². The molecular weight excluding hydrogens is 333 g/mol. The van der Waals surface area contributed by atoms with Gasteiger partial charge in [0.2, 0.25) is 0 Å². The number of benzene rings is 2. The van der Waals surface area contributed by atoms with E-state index in [1.807, 2.05) is 0 Å². The molecule has 5 nitrogen and oxygen atoms in total. The zero-order valence-electron chi connectivity index (χ0n) is 13.4. The number of halogens is 1. The van der Waals surface area contributed by atoms with E-state index in [1.165, 1.54) is 41.3 Å². The number of ether oxygens (including phenoxy) is 1. The molecule has 0 fully saturated rings. The zero-order valence-corrected chi connectivity index (χ0v) is 14.2. The Balaban J connectivity index is 2.01. The maximum atomic E-state index is 12.8. The maximum Gasteiger partial charge on any atom is 0.255 e. The van der Waals surface area contributed by atoms with E-state index < -0.39 is 15.7 Å². The van der Waals surface area contributed by atoms with Gasteiger partial charge in [0, 0.05) is 13.3 Å². The van der Waals surface area contributed by atoms with E-state index in [0.29, 0.717) is 5.75 Å². The Morgan fingerprint density at radius 2 is 1.75 bits per heavy atom. The van der Waals surface area contributed by atoms with Gasteiger partial charge in [-0.3, -0.25) is 4.79 Å². The number of sulfone groups is 1. The summed E-state index contributed by atoms with van der Waals surface area (Å²) in [6, 6.07) is 11.6. The van der Waals surface area contributed by atoms with Gasteiger partial charge in [0.1, 0.15) is 18.2 Å². The quantitative estimate of drug-likeness (QED) is 0.802. The average Bonchev–Trinajstić information content (AvgIpc) is 2.55. The van der Waals surface area contributed by atoms with Crippen molar-refractivity contribution >= 4 is 15.7 Å². The molecule has 0 aliphatic rings. The first-order valence-electron chi connectivity index (χ1n) is 7.22.